The number of nitrogens with one attached hydrogen (secondary N) is 2. The third-order valence-electron chi connectivity index (χ3n) is 2.85. The number of nitrogens with zero attached hydrogens (tertiary/aromatic N) is 1. The average molecular weight is 384 g/mol. The zero-order chi connectivity index (χ0) is 18.4. The van der Waals surface area contributed by atoms with E-state index in [1.54, 1.807) is 24.3 Å². The van der Waals surface area contributed by atoms with Gasteiger partial charge in [0, 0.05) is 17.2 Å². The average Bonchev–Trinajstić information content (AvgIpc) is 2.56. The van der Waals surface area contributed by atoms with E-state index in [1.807, 2.05) is 0 Å². The lowest BCUT2D eigenvalue weighted by molar-refractivity contribution is -0.384. The maximum absolute atomic E-state index is 13.6. The topological polar surface area (TPSA) is 93.5 Å². The lowest BCUT2D eigenvalue weighted by atomic mass is 10.2. The highest BCUT2D eigenvalue weighted by Gasteiger charge is 2.13. The van der Waals surface area contributed by atoms with Gasteiger partial charge in [-0.25, -0.2) is 4.39 Å². The summed E-state index contributed by atoms with van der Waals surface area (Å²) in [7, 11) is 0. The second-order valence-electron chi connectivity index (χ2n) is 4.67. The van der Waals surface area contributed by atoms with Crippen molar-refractivity contribution in [3.05, 3.63) is 63.4 Å². The Kier molecular flexibility index (Phi) is 6.20. The van der Waals surface area contributed by atoms with Crippen molar-refractivity contribution < 1.29 is 18.8 Å². The third-order valence-corrected chi connectivity index (χ3v) is 3.30. The van der Waals surface area contributed by atoms with Crippen LogP contribution in [-0.2, 0) is 4.79 Å². The molecule has 2 aromatic rings. The molecule has 0 aliphatic carbocycles. The second kappa shape index (κ2) is 8.36. The third kappa shape index (κ3) is 5.66. The number of nitro benzene ring substituents is 1. The molecule has 0 fully saturated rings. The summed E-state index contributed by atoms with van der Waals surface area (Å²) in [5.41, 5.74) is -0.540. The largest absolute Gasteiger partial charge is 0.484 e. The molecule has 0 aromatic heterocycles. The highest BCUT2D eigenvalue weighted by molar-refractivity contribution is 7.80. The number of nitro groups is 1. The zero-order valence-electron chi connectivity index (χ0n) is 12.5. The van der Waals surface area contributed by atoms with E-state index in [2.05, 4.69) is 10.6 Å². The van der Waals surface area contributed by atoms with Crippen molar-refractivity contribution in [1.29, 1.82) is 0 Å². The van der Waals surface area contributed by atoms with Crippen LogP contribution in [0.2, 0.25) is 5.02 Å². The number of thiocarbonyl (C=S) groups is 1. The van der Waals surface area contributed by atoms with Gasteiger partial charge < -0.3 is 10.1 Å². The molecule has 0 bridgehead atoms. The highest BCUT2D eigenvalue weighted by Crippen LogP contribution is 2.21. The first-order valence-electron chi connectivity index (χ1n) is 6.78. The molecule has 25 heavy (non-hydrogen) atoms. The van der Waals surface area contributed by atoms with Crippen molar-refractivity contribution in [1.82, 2.24) is 5.32 Å². The number of hydrogen-bond acceptors (Lipinski definition) is 5. The van der Waals surface area contributed by atoms with E-state index in [1.165, 1.54) is 0 Å². The smallest absolute Gasteiger partial charge is 0.271 e. The lowest BCUT2D eigenvalue weighted by Crippen LogP contribution is -2.37. The number of benzene rings is 2. The minimum atomic E-state index is -0.750. The van der Waals surface area contributed by atoms with Crippen molar-refractivity contribution in [2.24, 2.45) is 0 Å². The van der Waals surface area contributed by atoms with Gasteiger partial charge in [0.1, 0.15) is 11.6 Å². The first kappa shape index (κ1) is 18.6. The summed E-state index contributed by atoms with van der Waals surface area (Å²) in [6.45, 7) is -0.332. The molecule has 0 atom stereocenters. The molecular weight excluding hydrogens is 373 g/mol. The monoisotopic (exact) mass is 383 g/mol. The molecule has 0 unspecified atom stereocenters. The normalized spacial score (nSPS) is 10.0. The van der Waals surface area contributed by atoms with Crippen molar-refractivity contribution in [2.45, 2.75) is 0 Å². The molecule has 0 saturated carbocycles. The molecule has 0 aliphatic rings. The number of amides is 1. The van der Waals surface area contributed by atoms with Gasteiger partial charge in [0.15, 0.2) is 11.7 Å². The van der Waals surface area contributed by atoms with E-state index < -0.39 is 16.6 Å². The zero-order valence-corrected chi connectivity index (χ0v) is 14.1. The van der Waals surface area contributed by atoms with E-state index >= 15 is 0 Å². The number of hydrogen-bond donors (Lipinski definition) is 2. The Morgan fingerprint density at radius 2 is 1.96 bits per heavy atom. The summed E-state index contributed by atoms with van der Waals surface area (Å²) in [6.07, 6.45) is 0. The van der Waals surface area contributed by atoms with Crippen LogP contribution < -0.4 is 15.4 Å². The molecule has 2 aromatic carbocycles. The van der Waals surface area contributed by atoms with Crippen LogP contribution in [0, 0.1) is 15.9 Å². The van der Waals surface area contributed by atoms with Crippen molar-refractivity contribution >= 4 is 46.2 Å². The van der Waals surface area contributed by atoms with Gasteiger partial charge >= 0.3 is 0 Å². The summed E-state index contributed by atoms with van der Waals surface area (Å²) in [6, 6.07) is 9.29. The van der Waals surface area contributed by atoms with Crippen LogP contribution in [0.3, 0.4) is 0 Å². The summed E-state index contributed by atoms with van der Waals surface area (Å²) in [5, 5.41) is 15.7. The minimum absolute atomic E-state index is 0.218. The Balaban J connectivity index is 1.89. The SMILES string of the molecule is O=C(COc1ccc(Cl)cc1)NC(=S)Nc1cc([N+](=O)[O-])ccc1F. The quantitative estimate of drug-likeness (QED) is 0.467. The van der Waals surface area contributed by atoms with Crippen LogP contribution >= 0.6 is 23.8 Å². The van der Waals surface area contributed by atoms with E-state index in [9.17, 15) is 19.3 Å². The fraction of sp³-hybridized carbons (Fsp3) is 0.0667. The first-order chi connectivity index (χ1) is 11.8. The number of carbonyl (C=O) groups excluding carboxylic acids is 1. The molecule has 10 heteroatoms. The van der Waals surface area contributed by atoms with Crippen LogP contribution in [0.1, 0.15) is 0 Å². The Bertz CT molecular complexity index is 817. The molecule has 2 rings (SSSR count). The Labute approximate surface area is 151 Å². The summed E-state index contributed by atoms with van der Waals surface area (Å²) >= 11 is 10.6. The van der Waals surface area contributed by atoms with Crippen LogP contribution in [0.4, 0.5) is 15.8 Å². The van der Waals surface area contributed by atoms with Gasteiger partial charge in [-0.3, -0.25) is 20.2 Å². The van der Waals surface area contributed by atoms with Crippen molar-refractivity contribution in [3.8, 4) is 5.75 Å². The van der Waals surface area contributed by atoms with Gasteiger partial charge in [0.25, 0.3) is 11.6 Å². The Morgan fingerprint density at radius 1 is 1.28 bits per heavy atom. The highest BCUT2D eigenvalue weighted by atomic mass is 35.5. The predicted molar refractivity (Wildman–Crippen MR) is 94.4 cm³/mol. The number of anilines is 1. The maximum atomic E-state index is 13.6. The van der Waals surface area contributed by atoms with Crippen molar-refractivity contribution in [2.75, 3.05) is 11.9 Å². The molecule has 130 valence electrons. The standard InChI is InChI=1S/C15H11ClFN3O4S/c16-9-1-4-11(5-2-9)24-8-14(21)19-15(25)18-13-7-10(20(22)23)3-6-12(13)17/h1-7H,8H2,(H2,18,19,21,25). The summed E-state index contributed by atoms with van der Waals surface area (Å²) in [5.74, 6) is -0.902. The van der Waals surface area contributed by atoms with Gasteiger partial charge in [-0.2, -0.15) is 0 Å². The van der Waals surface area contributed by atoms with Crippen LogP contribution in [0.5, 0.6) is 5.75 Å². The second-order valence-corrected chi connectivity index (χ2v) is 5.51. The van der Waals surface area contributed by atoms with E-state index in [4.69, 9.17) is 28.6 Å². The van der Waals surface area contributed by atoms with Crippen LogP contribution in [-0.4, -0.2) is 22.5 Å². The molecule has 1 amide bonds. The molecule has 7 nitrogen and oxygen atoms in total. The van der Waals surface area contributed by atoms with E-state index in [0.717, 1.165) is 18.2 Å². The number of non-ortho nitro benzene ring substituents is 1. The van der Waals surface area contributed by atoms with Crippen molar-refractivity contribution in [3.63, 3.8) is 0 Å². The molecular formula is C15H11ClFN3O4S. The Morgan fingerprint density at radius 3 is 2.60 bits per heavy atom. The molecule has 0 radical (unpaired) electrons. The van der Waals surface area contributed by atoms with E-state index in [0.29, 0.717) is 10.8 Å². The minimum Gasteiger partial charge on any atom is -0.484 e. The molecule has 0 spiro atoms. The van der Waals surface area contributed by atoms with Crippen LogP contribution in [0.15, 0.2) is 42.5 Å². The number of carbonyl (C=O) groups is 1. The molecule has 2 N–H and O–H groups in total. The summed E-state index contributed by atoms with van der Waals surface area (Å²) in [4.78, 5) is 21.8. The van der Waals surface area contributed by atoms with E-state index in [-0.39, 0.29) is 23.1 Å². The fourth-order valence-electron chi connectivity index (χ4n) is 1.72. The first-order valence-corrected chi connectivity index (χ1v) is 7.57. The number of ether oxygens (including phenoxy) is 1. The predicted octanol–water partition coefficient (Wildman–Crippen LogP) is 3.28. The van der Waals surface area contributed by atoms with Gasteiger partial charge in [-0.1, -0.05) is 11.6 Å². The lowest BCUT2D eigenvalue weighted by Gasteiger charge is -2.11. The molecule has 0 heterocycles. The summed E-state index contributed by atoms with van der Waals surface area (Å²) < 4.78 is 18.9. The number of rotatable bonds is 5. The van der Waals surface area contributed by atoms with Crippen LogP contribution in [0.25, 0.3) is 0 Å². The van der Waals surface area contributed by atoms with Gasteiger partial charge in [-0.15, -0.1) is 0 Å². The fourth-order valence-corrected chi connectivity index (χ4v) is 2.07. The van der Waals surface area contributed by atoms with Gasteiger partial charge in [0.05, 0.1) is 10.6 Å². The maximum Gasteiger partial charge on any atom is 0.271 e. The van der Waals surface area contributed by atoms with Gasteiger partial charge in [0.2, 0.25) is 0 Å². The molecule has 0 aliphatic heterocycles. The number of halogens is 2. The van der Waals surface area contributed by atoms with Gasteiger partial charge in [-0.05, 0) is 42.5 Å². The Hall–Kier alpha value is -2.78. The molecule has 0 saturated heterocycles.